The van der Waals surface area contributed by atoms with Crippen molar-refractivity contribution < 1.29 is 19.4 Å². The summed E-state index contributed by atoms with van der Waals surface area (Å²) >= 11 is 0. The molecule has 0 amide bonds. The van der Waals surface area contributed by atoms with Gasteiger partial charge in [-0.15, -0.1) is 0 Å². The second-order valence-electron chi connectivity index (χ2n) is 4.13. The van der Waals surface area contributed by atoms with Crippen LogP contribution in [-0.4, -0.2) is 25.3 Å². The third kappa shape index (κ3) is 3.39. The number of aryl methyl sites for hydroxylation is 1. The Morgan fingerprint density at radius 3 is 2.56 bits per heavy atom. The predicted molar refractivity (Wildman–Crippen MR) is 69.2 cm³/mol. The fourth-order valence-electron chi connectivity index (χ4n) is 1.91. The van der Waals surface area contributed by atoms with Crippen molar-refractivity contribution in [3.63, 3.8) is 0 Å². The summed E-state index contributed by atoms with van der Waals surface area (Å²) < 4.78 is 9.90. The molecule has 1 aromatic carbocycles. The number of ether oxygens (including phenoxy) is 2. The molecule has 4 heteroatoms. The van der Waals surface area contributed by atoms with Crippen molar-refractivity contribution in [1.29, 1.82) is 0 Å². The molecule has 0 aliphatic heterocycles. The van der Waals surface area contributed by atoms with Gasteiger partial charge in [-0.3, -0.25) is 0 Å². The molecule has 1 N–H and O–H groups in total. The number of unbranched alkanes of at least 4 members (excludes halogenated alkanes) is 2. The van der Waals surface area contributed by atoms with Crippen molar-refractivity contribution in [3.05, 3.63) is 23.3 Å². The maximum absolute atomic E-state index is 11.8. The van der Waals surface area contributed by atoms with Gasteiger partial charge in [-0.05, 0) is 24.5 Å². The minimum atomic E-state index is -0.432. The third-order valence-electron chi connectivity index (χ3n) is 2.83. The van der Waals surface area contributed by atoms with Gasteiger partial charge in [0, 0.05) is 6.07 Å². The van der Waals surface area contributed by atoms with Crippen molar-refractivity contribution in [2.24, 2.45) is 0 Å². The molecule has 0 aliphatic carbocycles. The van der Waals surface area contributed by atoms with Gasteiger partial charge < -0.3 is 14.6 Å². The van der Waals surface area contributed by atoms with E-state index in [0.717, 1.165) is 31.2 Å². The van der Waals surface area contributed by atoms with Gasteiger partial charge in [-0.25, -0.2) is 4.79 Å². The Labute approximate surface area is 108 Å². The molecule has 1 aromatic rings. The molecule has 0 atom stereocenters. The number of phenols is 1. The van der Waals surface area contributed by atoms with Gasteiger partial charge in [0.25, 0.3) is 0 Å². The van der Waals surface area contributed by atoms with Gasteiger partial charge in [-0.2, -0.15) is 0 Å². The van der Waals surface area contributed by atoms with Crippen LogP contribution in [0.15, 0.2) is 12.1 Å². The summed E-state index contributed by atoms with van der Waals surface area (Å²) in [6.45, 7) is 2.12. The molecule has 18 heavy (non-hydrogen) atoms. The maximum Gasteiger partial charge on any atom is 0.341 e. The van der Waals surface area contributed by atoms with E-state index in [4.69, 9.17) is 9.47 Å². The standard InChI is InChI=1S/C14H20O4/c1-4-5-6-7-10-8-11(15)9-12(17-2)13(10)14(16)18-3/h8-9,15H,4-7H2,1-3H3. The quantitative estimate of drug-likeness (QED) is 0.624. The number of carbonyl (C=O) groups excluding carboxylic acids is 1. The Bertz CT molecular complexity index is 413. The number of aromatic hydroxyl groups is 1. The molecule has 100 valence electrons. The van der Waals surface area contributed by atoms with Crippen LogP contribution in [0.25, 0.3) is 0 Å². The Kier molecular flexibility index (Phi) is 5.49. The molecule has 4 nitrogen and oxygen atoms in total. The monoisotopic (exact) mass is 252 g/mol. The summed E-state index contributed by atoms with van der Waals surface area (Å²) in [5.41, 5.74) is 1.18. The first-order valence-corrected chi connectivity index (χ1v) is 6.12. The first-order valence-electron chi connectivity index (χ1n) is 6.12. The van der Waals surface area contributed by atoms with Gasteiger partial charge in [-0.1, -0.05) is 19.8 Å². The van der Waals surface area contributed by atoms with E-state index >= 15 is 0 Å². The van der Waals surface area contributed by atoms with Gasteiger partial charge in [0.05, 0.1) is 14.2 Å². The minimum Gasteiger partial charge on any atom is -0.508 e. The molecular weight excluding hydrogens is 232 g/mol. The van der Waals surface area contributed by atoms with E-state index < -0.39 is 5.97 Å². The predicted octanol–water partition coefficient (Wildman–Crippen LogP) is 2.92. The summed E-state index contributed by atoms with van der Waals surface area (Å²) in [5.74, 6) is 0.0256. The van der Waals surface area contributed by atoms with Crippen LogP contribution < -0.4 is 4.74 Å². The second-order valence-corrected chi connectivity index (χ2v) is 4.13. The van der Waals surface area contributed by atoms with E-state index in [1.165, 1.54) is 20.3 Å². The first-order chi connectivity index (χ1) is 8.63. The summed E-state index contributed by atoms with van der Waals surface area (Å²) in [7, 11) is 2.81. The van der Waals surface area contributed by atoms with Crippen molar-refractivity contribution >= 4 is 5.97 Å². The number of esters is 1. The van der Waals surface area contributed by atoms with Crippen molar-refractivity contribution in [2.75, 3.05) is 14.2 Å². The van der Waals surface area contributed by atoms with E-state index in [0.29, 0.717) is 11.3 Å². The zero-order valence-corrected chi connectivity index (χ0v) is 11.2. The number of rotatable bonds is 6. The van der Waals surface area contributed by atoms with Crippen LogP contribution >= 0.6 is 0 Å². The van der Waals surface area contributed by atoms with E-state index in [1.54, 1.807) is 6.07 Å². The van der Waals surface area contributed by atoms with Gasteiger partial charge in [0.15, 0.2) is 0 Å². The number of hydrogen-bond donors (Lipinski definition) is 1. The summed E-state index contributed by atoms with van der Waals surface area (Å²) in [4.78, 5) is 11.8. The fraction of sp³-hybridized carbons (Fsp3) is 0.500. The zero-order valence-electron chi connectivity index (χ0n) is 11.2. The lowest BCUT2D eigenvalue weighted by molar-refractivity contribution is 0.0595. The highest BCUT2D eigenvalue weighted by Crippen LogP contribution is 2.30. The van der Waals surface area contributed by atoms with Crippen LogP contribution in [0, 0.1) is 0 Å². The smallest absolute Gasteiger partial charge is 0.341 e. The largest absolute Gasteiger partial charge is 0.508 e. The Morgan fingerprint density at radius 2 is 2.00 bits per heavy atom. The number of methoxy groups -OCH3 is 2. The van der Waals surface area contributed by atoms with Gasteiger partial charge >= 0.3 is 5.97 Å². The van der Waals surface area contributed by atoms with Crippen molar-refractivity contribution in [2.45, 2.75) is 32.6 Å². The highest BCUT2D eigenvalue weighted by atomic mass is 16.5. The molecule has 0 spiro atoms. The van der Waals surface area contributed by atoms with Crippen LogP contribution in [0.2, 0.25) is 0 Å². The topological polar surface area (TPSA) is 55.8 Å². The molecule has 0 bridgehead atoms. The van der Waals surface area contributed by atoms with Crippen molar-refractivity contribution in [3.8, 4) is 11.5 Å². The molecule has 0 aromatic heterocycles. The number of carbonyl (C=O) groups is 1. The lowest BCUT2D eigenvalue weighted by Crippen LogP contribution is -2.08. The zero-order chi connectivity index (χ0) is 13.5. The lowest BCUT2D eigenvalue weighted by atomic mass is 10.00. The Morgan fingerprint density at radius 1 is 1.28 bits per heavy atom. The Hall–Kier alpha value is -1.71. The first kappa shape index (κ1) is 14.4. The molecule has 1 rings (SSSR count). The van der Waals surface area contributed by atoms with E-state index in [1.807, 2.05) is 0 Å². The Balaban J connectivity index is 3.11. The van der Waals surface area contributed by atoms with E-state index in [2.05, 4.69) is 6.92 Å². The summed E-state index contributed by atoms with van der Waals surface area (Å²) in [6.07, 6.45) is 3.87. The summed E-state index contributed by atoms with van der Waals surface area (Å²) in [6, 6.07) is 3.03. The highest BCUT2D eigenvalue weighted by Gasteiger charge is 2.19. The van der Waals surface area contributed by atoms with Crippen LogP contribution in [0.4, 0.5) is 0 Å². The fourth-order valence-corrected chi connectivity index (χ4v) is 1.91. The van der Waals surface area contributed by atoms with Crippen molar-refractivity contribution in [1.82, 2.24) is 0 Å². The van der Waals surface area contributed by atoms with Crippen LogP contribution in [0.5, 0.6) is 11.5 Å². The average Bonchev–Trinajstić information content (AvgIpc) is 2.37. The maximum atomic E-state index is 11.8. The molecule has 0 saturated heterocycles. The van der Waals surface area contributed by atoms with E-state index in [-0.39, 0.29) is 5.75 Å². The van der Waals surface area contributed by atoms with Gasteiger partial charge in [0.2, 0.25) is 0 Å². The van der Waals surface area contributed by atoms with Crippen LogP contribution in [-0.2, 0) is 11.2 Å². The minimum absolute atomic E-state index is 0.103. The van der Waals surface area contributed by atoms with E-state index in [9.17, 15) is 9.90 Å². The normalized spacial score (nSPS) is 10.2. The molecular formula is C14H20O4. The molecule has 0 unspecified atom stereocenters. The molecule has 0 saturated carbocycles. The third-order valence-corrected chi connectivity index (χ3v) is 2.83. The SMILES string of the molecule is CCCCCc1cc(O)cc(OC)c1C(=O)OC. The summed E-state index contributed by atoms with van der Waals surface area (Å²) in [5, 5.41) is 9.63. The molecule has 0 aliphatic rings. The van der Waals surface area contributed by atoms with Gasteiger partial charge in [0.1, 0.15) is 17.1 Å². The highest BCUT2D eigenvalue weighted by molar-refractivity contribution is 5.94. The number of hydrogen-bond acceptors (Lipinski definition) is 4. The average molecular weight is 252 g/mol. The molecule has 0 radical (unpaired) electrons. The van der Waals surface area contributed by atoms with Crippen LogP contribution in [0.3, 0.4) is 0 Å². The molecule has 0 fully saturated rings. The number of phenolic OH excluding ortho intramolecular Hbond substituents is 1. The second kappa shape index (κ2) is 6.89. The molecule has 0 heterocycles. The number of benzene rings is 1. The lowest BCUT2D eigenvalue weighted by Gasteiger charge is -2.13. The van der Waals surface area contributed by atoms with Crippen LogP contribution in [0.1, 0.15) is 42.1 Å².